The van der Waals surface area contributed by atoms with Crippen molar-refractivity contribution in [2.45, 2.75) is 20.1 Å². The Morgan fingerprint density at radius 3 is 2.70 bits per heavy atom. The number of ether oxygens (including phenoxy) is 2. The van der Waals surface area contributed by atoms with E-state index in [0.717, 1.165) is 23.7 Å². The third kappa shape index (κ3) is 3.71. The molecule has 0 radical (unpaired) electrons. The fraction of sp³-hybridized carbons (Fsp3) is 0.312. The molecule has 2 aromatic rings. The largest absolute Gasteiger partial charge is 0.493 e. The number of aromatic nitrogens is 1. The number of benzene rings is 1. The van der Waals surface area contributed by atoms with Gasteiger partial charge < -0.3 is 14.8 Å². The van der Waals surface area contributed by atoms with Crippen LogP contribution in [0.4, 0.5) is 5.69 Å². The maximum atomic E-state index is 5.31. The maximum absolute atomic E-state index is 5.31. The van der Waals surface area contributed by atoms with Crippen LogP contribution in [0.1, 0.15) is 16.8 Å². The topological polar surface area (TPSA) is 43.4 Å². The molecule has 2 rings (SSSR count). The van der Waals surface area contributed by atoms with Crippen LogP contribution in [0.3, 0.4) is 0 Å². The summed E-state index contributed by atoms with van der Waals surface area (Å²) in [6, 6.07) is 10.3. The van der Waals surface area contributed by atoms with Gasteiger partial charge in [-0.05, 0) is 24.1 Å². The molecule has 0 unspecified atom stereocenters. The van der Waals surface area contributed by atoms with Gasteiger partial charge in [0.1, 0.15) is 0 Å². The standard InChI is InChI=1S/C16H20N2O2/c1-12-7-15(16(20-3)10-17-12)18-9-13-5-4-6-14(8-13)11-19-2/h4-8,10H,9,11H2,1-3H3,(H,17,18). The Kier molecular flexibility index (Phi) is 4.96. The molecule has 0 saturated heterocycles. The van der Waals surface area contributed by atoms with E-state index in [-0.39, 0.29) is 0 Å². The van der Waals surface area contributed by atoms with Crippen LogP contribution < -0.4 is 10.1 Å². The maximum Gasteiger partial charge on any atom is 0.160 e. The Morgan fingerprint density at radius 2 is 1.95 bits per heavy atom. The van der Waals surface area contributed by atoms with Crippen LogP contribution in [0.15, 0.2) is 36.5 Å². The average Bonchev–Trinajstić information content (AvgIpc) is 2.46. The quantitative estimate of drug-likeness (QED) is 0.877. The predicted octanol–water partition coefficient (Wildman–Crippen LogP) is 3.16. The first-order chi connectivity index (χ1) is 9.72. The Hall–Kier alpha value is -2.07. The van der Waals surface area contributed by atoms with Gasteiger partial charge in [0.2, 0.25) is 0 Å². The molecule has 0 saturated carbocycles. The number of pyridine rings is 1. The van der Waals surface area contributed by atoms with Crippen molar-refractivity contribution in [2.75, 3.05) is 19.5 Å². The summed E-state index contributed by atoms with van der Waals surface area (Å²) >= 11 is 0. The van der Waals surface area contributed by atoms with Crippen LogP contribution in [0.5, 0.6) is 5.75 Å². The van der Waals surface area contributed by atoms with Crippen molar-refractivity contribution in [1.29, 1.82) is 0 Å². The summed E-state index contributed by atoms with van der Waals surface area (Å²) in [5, 5.41) is 3.38. The van der Waals surface area contributed by atoms with E-state index in [4.69, 9.17) is 9.47 Å². The number of methoxy groups -OCH3 is 2. The average molecular weight is 272 g/mol. The number of hydrogen-bond acceptors (Lipinski definition) is 4. The number of rotatable bonds is 6. The first-order valence-corrected chi connectivity index (χ1v) is 6.54. The van der Waals surface area contributed by atoms with Crippen molar-refractivity contribution < 1.29 is 9.47 Å². The second-order valence-corrected chi connectivity index (χ2v) is 4.63. The molecule has 1 aromatic heterocycles. The number of nitrogens with one attached hydrogen (secondary N) is 1. The van der Waals surface area contributed by atoms with Crippen LogP contribution in [0, 0.1) is 6.92 Å². The zero-order valence-electron chi connectivity index (χ0n) is 12.1. The van der Waals surface area contributed by atoms with Gasteiger partial charge in [0.05, 0.1) is 25.6 Å². The van der Waals surface area contributed by atoms with Crippen LogP contribution in [0.25, 0.3) is 0 Å². The molecule has 20 heavy (non-hydrogen) atoms. The van der Waals surface area contributed by atoms with E-state index in [0.29, 0.717) is 6.61 Å². The molecule has 0 aliphatic rings. The van der Waals surface area contributed by atoms with Crippen molar-refractivity contribution in [2.24, 2.45) is 0 Å². The van der Waals surface area contributed by atoms with E-state index >= 15 is 0 Å². The fourth-order valence-electron chi connectivity index (χ4n) is 2.04. The van der Waals surface area contributed by atoms with Gasteiger partial charge in [0, 0.05) is 19.3 Å². The molecule has 0 atom stereocenters. The first kappa shape index (κ1) is 14.3. The third-order valence-electron chi connectivity index (χ3n) is 3.01. The lowest BCUT2D eigenvalue weighted by Crippen LogP contribution is -2.03. The third-order valence-corrected chi connectivity index (χ3v) is 3.01. The van der Waals surface area contributed by atoms with Crippen LogP contribution in [-0.4, -0.2) is 19.2 Å². The molecule has 1 aromatic carbocycles. The summed E-state index contributed by atoms with van der Waals surface area (Å²) in [7, 11) is 3.35. The highest BCUT2D eigenvalue weighted by molar-refractivity contribution is 5.56. The molecule has 0 amide bonds. The van der Waals surface area contributed by atoms with Gasteiger partial charge in [-0.1, -0.05) is 24.3 Å². The first-order valence-electron chi connectivity index (χ1n) is 6.54. The molecule has 0 aliphatic heterocycles. The molecular weight excluding hydrogens is 252 g/mol. The van der Waals surface area contributed by atoms with Crippen molar-refractivity contribution >= 4 is 5.69 Å². The highest BCUT2D eigenvalue weighted by Gasteiger charge is 2.04. The summed E-state index contributed by atoms with van der Waals surface area (Å²) in [6.45, 7) is 3.33. The Morgan fingerprint density at radius 1 is 1.15 bits per heavy atom. The Bertz CT molecular complexity index is 570. The van der Waals surface area contributed by atoms with E-state index in [2.05, 4.69) is 28.5 Å². The monoisotopic (exact) mass is 272 g/mol. The van der Waals surface area contributed by atoms with Gasteiger partial charge in [-0.15, -0.1) is 0 Å². The minimum absolute atomic E-state index is 0.630. The van der Waals surface area contributed by atoms with Gasteiger partial charge >= 0.3 is 0 Å². The van der Waals surface area contributed by atoms with Crippen molar-refractivity contribution in [3.8, 4) is 5.75 Å². The van der Waals surface area contributed by atoms with Gasteiger partial charge in [-0.2, -0.15) is 0 Å². The van der Waals surface area contributed by atoms with Crippen molar-refractivity contribution in [3.63, 3.8) is 0 Å². The Labute approximate surface area is 119 Å². The molecule has 1 heterocycles. The van der Waals surface area contributed by atoms with Crippen LogP contribution in [0.2, 0.25) is 0 Å². The van der Waals surface area contributed by atoms with Gasteiger partial charge in [-0.3, -0.25) is 4.98 Å². The smallest absolute Gasteiger partial charge is 0.160 e. The highest BCUT2D eigenvalue weighted by Crippen LogP contribution is 2.24. The summed E-state index contributed by atoms with van der Waals surface area (Å²) in [5.74, 6) is 0.753. The lowest BCUT2D eigenvalue weighted by molar-refractivity contribution is 0.185. The molecule has 0 spiro atoms. The lowest BCUT2D eigenvalue weighted by atomic mass is 10.1. The summed E-state index contributed by atoms with van der Waals surface area (Å²) < 4.78 is 10.5. The summed E-state index contributed by atoms with van der Waals surface area (Å²) in [4.78, 5) is 4.22. The normalized spacial score (nSPS) is 10.3. The van der Waals surface area contributed by atoms with Gasteiger partial charge in [-0.25, -0.2) is 0 Å². The van der Waals surface area contributed by atoms with Crippen LogP contribution >= 0.6 is 0 Å². The van der Waals surface area contributed by atoms with E-state index in [1.807, 2.05) is 19.1 Å². The minimum atomic E-state index is 0.630. The SMILES string of the molecule is COCc1cccc(CNc2cc(C)ncc2OC)c1. The fourth-order valence-corrected chi connectivity index (χ4v) is 2.04. The van der Waals surface area contributed by atoms with E-state index < -0.39 is 0 Å². The zero-order valence-corrected chi connectivity index (χ0v) is 12.1. The lowest BCUT2D eigenvalue weighted by Gasteiger charge is -2.12. The second kappa shape index (κ2) is 6.91. The highest BCUT2D eigenvalue weighted by atomic mass is 16.5. The van der Waals surface area contributed by atoms with Gasteiger partial charge in [0.15, 0.2) is 5.75 Å². The van der Waals surface area contributed by atoms with E-state index in [1.54, 1.807) is 20.4 Å². The summed E-state index contributed by atoms with van der Waals surface area (Å²) in [5.41, 5.74) is 4.29. The van der Waals surface area contributed by atoms with Crippen molar-refractivity contribution in [3.05, 3.63) is 53.3 Å². The molecular formula is C16H20N2O2. The van der Waals surface area contributed by atoms with Crippen LogP contribution in [-0.2, 0) is 17.9 Å². The molecule has 4 nitrogen and oxygen atoms in total. The minimum Gasteiger partial charge on any atom is -0.493 e. The second-order valence-electron chi connectivity index (χ2n) is 4.63. The van der Waals surface area contributed by atoms with Gasteiger partial charge in [0.25, 0.3) is 0 Å². The van der Waals surface area contributed by atoms with E-state index in [9.17, 15) is 0 Å². The van der Waals surface area contributed by atoms with Crippen molar-refractivity contribution in [1.82, 2.24) is 4.98 Å². The Balaban J connectivity index is 2.08. The molecule has 0 fully saturated rings. The number of aryl methyl sites for hydroxylation is 1. The molecule has 106 valence electrons. The number of hydrogen-bond donors (Lipinski definition) is 1. The summed E-state index contributed by atoms with van der Waals surface area (Å²) in [6.07, 6.45) is 1.74. The number of anilines is 1. The molecule has 1 N–H and O–H groups in total. The molecule has 0 aliphatic carbocycles. The molecule has 0 bridgehead atoms. The predicted molar refractivity (Wildman–Crippen MR) is 80.0 cm³/mol. The zero-order chi connectivity index (χ0) is 14.4. The van der Waals surface area contributed by atoms with E-state index in [1.165, 1.54) is 11.1 Å². The molecule has 4 heteroatoms. The number of nitrogens with zero attached hydrogens (tertiary/aromatic N) is 1.